The van der Waals surface area contributed by atoms with Crippen molar-refractivity contribution < 1.29 is 14.6 Å². The number of phenolic OH excluding ortho intramolecular Hbond substituents is 1. The van der Waals surface area contributed by atoms with Gasteiger partial charge < -0.3 is 9.84 Å². The number of carbonyl (C=O) groups is 1. The van der Waals surface area contributed by atoms with Crippen LogP contribution in [0.1, 0.15) is 27.0 Å². The summed E-state index contributed by atoms with van der Waals surface area (Å²) in [6.07, 6.45) is 0.262. The molecule has 1 N–H and O–H groups in total. The molecule has 0 radical (unpaired) electrons. The summed E-state index contributed by atoms with van der Waals surface area (Å²) in [7, 11) is 0. The van der Waals surface area contributed by atoms with Gasteiger partial charge in [0, 0.05) is 12.5 Å². The molecule has 0 aliphatic heterocycles. The second kappa shape index (κ2) is 7.67. The molecule has 126 valence electrons. The Kier molecular flexibility index (Phi) is 5.14. The van der Waals surface area contributed by atoms with Crippen molar-refractivity contribution in [2.45, 2.75) is 20.0 Å². The molecule has 0 fully saturated rings. The molecule has 3 nitrogen and oxygen atoms in total. The van der Waals surface area contributed by atoms with Gasteiger partial charge in [-0.05, 0) is 30.2 Å². The Labute approximate surface area is 147 Å². The summed E-state index contributed by atoms with van der Waals surface area (Å²) in [5, 5.41) is 10.2. The van der Waals surface area contributed by atoms with Crippen molar-refractivity contribution in [2.75, 3.05) is 0 Å². The number of rotatable bonds is 6. The van der Waals surface area contributed by atoms with Crippen molar-refractivity contribution in [3.8, 4) is 11.5 Å². The number of aromatic hydroxyl groups is 1. The molecule has 0 amide bonds. The molecule has 0 spiro atoms. The molecule has 0 saturated carbocycles. The normalized spacial score (nSPS) is 10.4. The van der Waals surface area contributed by atoms with Gasteiger partial charge in [-0.3, -0.25) is 4.79 Å². The van der Waals surface area contributed by atoms with Gasteiger partial charge in [0.1, 0.15) is 18.1 Å². The molecule has 0 aromatic heterocycles. The molecule has 25 heavy (non-hydrogen) atoms. The Morgan fingerprint density at radius 3 is 2.32 bits per heavy atom. The van der Waals surface area contributed by atoms with Gasteiger partial charge in [0.05, 0.1) is 5.56 Å². The molecule has 0 atom stereocenters. The molecule has 3 aromatic carbocycles. The summed E-state index contributed by atoms with van der Waals surface area (Å²) in [6.45, 7) is 2.45. The molecule has 0 bridgehead atoms. The zero-order valence-electron chi connectivity index (χ0n) is 14.1. The van der Waals surface area contributed by atoms with Crippen LogP contribution in [0, 0.1) is 6.92 Å². The molecule has 0 aliphatic carbocycles. The molecule has 0 saturated heterocycles. The molecule has 3 aromatic rings. The average Bonchev–Trinajstić information content (AvgIpc) is 2.62. The number of benzene rings is 3. The van der Waals surface area contributed by atoms with E-state index in [2.05, 4.69) is 0 Å². The lowest BCUT2D eigenvalue weighted by atomic mass is 10.0. The molecule has 0 unspecified atom stereocenters. The van der Waals surface area contributed by atoms with Gasteiger partial charge in [0.25, 0.3) is 0 Å². The molecular formula is C22H20O3. The van der Waals surface area contributed by atoms with Gasteiger partial charge in [-0.15, -0.1) is 0 Å². The molecule has 0 aliphatic rings. The summed E-state index contributed by atoms with van der Waals surface area (Å²) < 4.78 is 5.69. The van der Waals surface area contributed by atoms with E-state index in [1.165, 1.54) is 11.6 Å². The fourth-order valence-electron chi connectivity index (χ4n) is 2.56. The number of Topliss-reactive ketones (excluding diaryl/α,β-unsaturated/α-hetero) is 1. The van der Waals surface area contributed by atoms with Crippen LogP contribution in [-0.2, 0) is 13.0 Å². The Bertz CT molecular complexity index is 852. The fourth-order valence-corrected chi connectivity index (χ4v) is 2.56. The first-order chi connectivity index (χ1) is 12.1. The third-order valence-corrected chi connectivity index (χ3v) is 4.00. The van der Waals surface area contributed by atoms with Crippen LogP contribution in [0.2, 0.25) is 0 Å². The first-order valence-corrected chi connectivity index (χ1v) is 8.20. The highest BCUT2D eigenvalue weighted by molar-refractivity contribution is 6.00. The first kappa shape index (κ1) is 16.8. The minimum absolute atomic E-state index is 0.0534. The zero-order chi connectivity index (χ0) is 17.6. The second-order valence-corrected chi connectivity index (χ2v) is 6.04. The van der Waals surface area contributed by atoms with Crippen molar-refractivity contribution in [3.63, 3.8) is 0 Å². The molecule has 3 rings (SSSR count). The topological polar surface area (TPSA) is 46.5 Å². The SMILES string of the molecule is Cc1ccc(COc2ccc(C(=O)Cc3ccccc3)c(O)c2)cc1. The molecular weight excluding hydrogens is 312 g/mol. The Morgan fingerprint density at radius 1 is 0.920 bits per heavy atom. The number of phenols is 1. The van der Waals surface area contributed by atoms with Crippen LogP contribution >= 0.6 is 0 Å². The van der Waals surface area contributed by atoms with E-state index in [0.29, 0.717) is 17.9 Å². The van der Waals surface area contributed by atoms with Gasteiger partial charge in [-0.25, -0.2) is 0 Å². The van der Waals surface area contributed by atoms with E-state index in [-0.39, 0.29) is 18.0 Å². The maximum absolute atomic E-state index is 12.4. The summed E-state index contributed by atoms with van der Waals surface area (Å²) >= 11 is 0. The lowest BCUT2D eigenvalue weighted by Crippen LogP contribution is -2.04. The summed E-state index contributed by atoms with van der Waals surface area (Å²) in [5.74, 6) is 0.366. The van der Waals surface area contributed by atoms with Crippen LogP contribution in [0.3, 0.4) is 0 Å². The smallest absolute Gasteiger partial charge is 0.170 e. The minimum atomic E-state index is -0.117. The molecule has 0 heterocycles. The van der Waals surface area contributed by atoms with E-state index < -0.39 is 0 Å². The number of hydrogen-bond donors (Lipinski definition) is 1. The Morgan fingerprint density at radius 2 is 1.64 bits per heavy atom. The maximum atomic E-state index is 12.4. The van der Waals surface area contributed by atoms with Gasteiger partial charge in [0.2, 0.25) is 0 Å². The highest BCUT2D eigenvalue weighted by Gasteiger charge is 2.13. The lowest BCUT2D eigenvalue weighted by molar-refractivity contribution is 0.0990. The first-order valence-electron chi connectivity index (χ1n) is 8.20. The number of aryl methyl sites for hydroxylation is 1. The monoisotopic (exact) mass is 332 g/mol. The van der Waals surface area contributed by atoms with Crippen molar-refractivity contribution >= 4 is 5.78 Å². The number of carbonyl (C=O) groups excluding carboxylic acids is 1. The van der Waals surface area contributed by atoms with Crippen molar-refractivity contribution in [1.82, 2.24) is 0 Å². The van der Waals surface area contributed by atoms with Gasteiger partial charge in [-0.2, -0.15) is 0 Å². The third kappa shape index (κ3) is 4.48. The van der Waals surface area contributed by atoms with E-state index in [4.69, 9.17) is 4.74 Å². The predicted octanol–water partition coefficient (Wildman–Crippen LogP) is 4.71. The van der Waals surface area contributed by atoms with Crippen molar-refractivity contribution in [3.05, 3.63) is 95.1 Å². The Balaban J connectivity index is 1.66. The van der Waals surface area contributed by atoms with Crippen LogP contribution in [0.25, 0.3) is 0 Å². The largest absolute Gasteiger partial charge is 0.507 e. The third-order valence-electron chi connectivity index (χ3n) is 4.00. The van der Waals surface area contributed by atoms with E-state index in [0.717, 1.165) is 11.1 Å². The van der Waals surface area contributed by atoms with Crippen LogP contribution in [0.5, 0.6) is 11.5 Å². The quantitative estimate of drug-likeness (QED) is 0.665. The fraction of sp³-hybridized carbons (Fsp3) is 0.136. The Hall–Kier alpha value is -3.07. The zero-order valence-corrected chi connectivity index (χ0v) is 14.1. The summed E-state index contributed by atoms with van der Waals surface area (Å²) in [6, 6.07) is 22.4. The van der Waals surface area contributed by atoms with Crippen molar-refractivity contribution in [2.24, 2.45) is 0 Å². The highest BCUT2D eigenvalue weighted by atomic mass is 16.5. The minimum Gasteiger partial charge on any atom is -0.507 e. The molecule has 3 heteroatoms. The van der Waals surface area contributed by atoms with Crippen LogP contribution in [0.15, 0.2) is 72.8 Å². The number of ketones is 1. The lowest BCUT2D eigenvalue weighted by Gasteiger charge is -2.09. The van der Waals surface area contributed by atoms with E-state index >= 15 is 0 Å². The van der Waals surface area contributed by atoms with Gasteiger partial charge in [0.15, 0.2) is 5.78 Å². The summed E-state index contributed by atoms with van der Waals surface area (Å²) in [5.41, 5.74) is 3.48. The maximum Gasteiger partial charge on any atom is 0.170 e. The highest BCUT2D eigenvalue weighted by Crippen LogP contribution is 2.25. The second-order valence-electron chi connectivity index (χ2n) is 6.04. The predicted molar refractivity (Wildman–Crippen MR) is 98.1 cm³/mol. The van der Waals surface area contributed by atoms with Crippen molar-refractivity contribution in [1.29, 1.82) is 0 Å². The van der Waals surface area contributed by atoms with Crippen LogP contribution in [-0.4, -0.2) is 10.9 Å². The standard InChI is InChI=1S/C22H20O3/c1-16-7-9-18(10-8-16)15-25-19-11-12-20(22(24)14-19)21(23)13-17-5-3-2-4-6-17/h2-12,14,24H,13,15H2,1H3. The average molecular weight is 332 g/mol. The number of hydrogen-bond acceptors (Lipinski definition) is 3. The number of ether oxygens (including phenoxy) is 1. The summed E-state index contributed by atoms with van der Waals surface area (Å²) in [4.78, 5) is 12.4. The van der Waals surface area contributed by atoms with Gasteiger partial charge >= 0.3 is 0 Å². The van der Waals surface area contributed by atoms with Crippen LogP contribution < -0.4 is 4.74 Å². The van der Waals surface area contributed by atoms with E-state index in [1.807, 2.05) is 61.5 Å². The van der Waals surface area contributed by atoms with E-state index in [1.54, 1.807) is 12.1 Å². The van der Waals surface area contributed by atoms with Gasteiger partial charge in [-0.1, -0.05) is 60.2 Å². The van der Waals surface area contributed by atoms with E-state index in [9.17, 15) is 9.90 Å². The van der Waals surface area contributed by atoms with Crippen LogP contribution in [0.4, 0.5) is 0 Å².